The summed E-state index contributed by atoms with van der Waals surface area (Å²) in [6.45, 7) is 1.92. The third-order valence-corrected chi connectivity index (χ3v) is 2.63. The molecule has 0 saturated carbocycles. The summed E-state index contributed by atoms with van der Waals surface area (Å²) in [4.78, 5) is 22.4. The highest BCUT2D eigenvalue weighted by atomic mass is 16.2. The lowest BCUT2D eigenvalue weighted by Gasteiger charge is -2.16. The Morgan fingerprint density at radius 1 is 1.20 bits per heavy atom. The summed E-state index contributed by atoms with van der Waals surface area (Å²) in [5.41, 5.74) is 1.04. The van der Waals surface area contributed by atoms with Gasteiger partial charge in [0, 0.05) is 5.92 Å². The summed E-state index contributed by atoms with van der Waals surface area (Å²) in [6.07, 6.45) is 0. The minimum Gasteiger partial charge on any atom is -0.325 e. The highest BCUT2D eigenvalue weighted by Gasteiger charge is 2.34. The lowest BCUT2D eigenvalue weighted by atomic mass is 9.93. The molecule has 0 radical (unpaired) electrons. The molecule has 1 aromatic carbocycles. The molecule has 1 aliphatic rings. The highest BCUT2D eigenvalue weighted by molar-refractivity contribution is 6.04. The molecule has 0 unspecified atom stereocenters. The Morgan fingerprint density at radius 2 is 1.87 bits per heavy atom. The molecule has 4 nitrogen and oxygen atoms in total. The molecule has 2 atom stereocenters. The van der Waals surface area contributed by atoms with Crippen LogP contribution in [0.1, 0.15) is 18.4 Å². The van der Waals surface area contributed by atoms with Crippen LogP contribution in [-0.2, 0) is 4.79 Å². The number of carbonyl (C=O) groups excluding carboxylic acids is 2. The molecule has 1 heterocycles. The normalized spacial score (nSPS) is 22.1. The van der Waals surface area contributed by atoms with Crippen molar-refractivity contribution in [3.63, 3.8) is 0 Å². The third-order valence-electron chi connectivity index (χ3n) is 2.63. The van der Waals surface area contributed by atoms with Gasteiger partial charge in [-0.25, -0.2) is 4.79 Å². The van der Waals surface area contributed by atoms with Crippen LogP contribution in [0.25, 0.3) is 0 Å². The Balaban J connectivity index is 2.18. The van der Waals surface area contributed by atoms with Crippen molar-refractivity contribution < 1.29 is 9.59 Å². The van der Waals surface area contributed by atoms with Crippen molar-refractivity contribution in [3.8, 4) is 0 Å². The molecule has 1 fully saturated rings. The van der Waals surface area contributed by atoms with E-state index in [0.29, 0.717) is 0 Å². The molecule has 0 spiro atoms. The van der Waals surface area contributed by atoms with Gasteiger partial charge in [0.1, 0.15) is 6.04 Å². The first-order valence-electron chi connectivity index (χ1n) is 4.85. The number of urea groups is 1. The first-order chi connectivity index (χ1) is 7.18. The largest absolute Gasteiger partial charge is 0.325 e. The molecular weight excluding hydrogens is 192 g/mol. The lowest BCUT2D eigenvalue weighted by molar-refractivity contribution is -0.120. The van der Waals surface area contributed by atoms with E-state index in [1.807, 2.05) is 37.3 Å². The molecular formula is C11H12N2O2. The van der Waals surface area contributed by atoms with Crippen LogP contribution in [0.3, 0.4) is 0 Å². The first kappa shape index (κ1) is 9.71. The van der Waals surface area contributed by atoms with Gasteiger partial charge in [0.25, 0.3) is 5.91 Å². The summed E-state index contributed by atoms with van der Waals surface area (Å²) in [7, 11) is 0. The zero-order valence-corrected chi connectivity index (χ0v) is 8.36. The van der Waals surface area contributed by atoms with E-state index in [0.717, 1.165) is 5.56 Å². The van der Waals surface area contributed by atoms with E-state index in [1.165, 1.54) is 0 Å². The minimum absolute atomic E-state index is 0.0161. The summed E-state index contributed by atoms with van der Waals surface area (Å²) in [5, 5.41) is 4.83. The second-order valence-corrected chi connectivity index (χ2v) is 3.64. The van der Waals surface area contributed by atoms with Gasteiger partial charge in [-0.05, 0) is 5.56 Å². The van der Waals surface area contributed by atoms with Gasteiger partial charge in [0.2, 0.25) is 0 Å². The van der Waals surface area contributed by atoms with Crippen molar-refractivity contribution >= 4 is 11.9 Å². The maximum Gasteiger partial charge on any atom is 0.322 e. The molecule has 0 aromatic heterocycles. The average Bonchev–Trinajstić information content (AvgIpc) is 2.58. The van der Waals surface area contributed by atoms with Gasteiger partial charge in [0.15, 0.2) is 0 Å². The van der Waals surface area contributed by atoms with Crippen LogP contribution < -0.4 is 10.6 Å². The van der Waals surface area contributed by atoms with E-state index in [-0.39, 0.29) is 11.8 Å². The zero-order chi connectivity index (χ0) is 10.8. The number of rotatable bonds is 2. The highest BCUT2D eigenvalue weighted by Crippen LogP contribution is 2.20. The summed E-state index contributed by atoms with van der Waals surface area (Å²) >= 11 is 0. The van der Waals surface area contributed by atoms with Crippen LogP contribution in [0.2, 0.25) is 0 Å². The fraction of sp³-hybridized carbons (Fsp3) is 0.273. The van der Waals surface area contributed by atoms with Gasteiger partial charge >= 0.3 is 6.03 Å². The number of hydrogen-bond acceptors (Lipinski definition) is 2. The second kappa shape index (κ2) is 3.73. The fourth-order valence-electron chi connectivity index (χ4n) is 1.73. The second-order valence-electron chi connectivity index (χ2n) is 3.64. The first-order valence-corrected chi connectivity index (χ1v) is 4.85. The third kappa shape index (κ3) is 1.83. The van der Waals surface area contributed by atoms with E-state index in [1.54, 1.807) is 0 Å². The van der Waals surface area contributed by atoms with Crippen LogP contribution in [0.15, 0.2) is 30.3 Å². The SMILES string of the molecule is C[C@H](c1ccccc1)[C@H]1NC(=O)NC1=O. The van der Waals surface area contributed by atoms with Crippen LogP contribution in [0.5, 0.6) is 0 Å². The van der Waals surface area contributed by atoms with E-state index in [2.05, 4.69) is 10.6 Å². The molecule has 0 aliphatic carbocycles. The van der Waals surface area contributed by atoms with Crippen LogP contribution in [0.4, 0.5) is 4.79 Å². The molecule has 78 valence electrons. The zero-order valence-electron chi connectivity index (χ0n) is 8.36. The number of amides is 3. The predicted octanol–water partition coefficient (Wildman–Crippen LogP) is 0.998. The van der Waals surface area contributed by atoms with Gasteiger partial charge < -0.3 is 5.32 Å². The topological polar surface area (TPSA) is 58.2 Å². The van der Waals surface area contributed by atoms with Crippen LogP contribution >= 0.6 is 0 Å². The molecule has 1 saturated heterocycles. The smallest absolute Gasteiger partial charge is 0.322 e. The Kier molecular flexibility index (Phi) is 2.41. The molecule has 1 aliphatic heterocycles. The van der Waals surface area contributed by atoms with E-state index in [4.69, 9.17) is 0 Å². The monoisotopic (exact) mass is 204 g/mol. The fourth-order valence-corrected chi connectivity index (χ4v) is 1.73. The molecule has 2 rings (SSSR count). The van der Waals surface area contributed by atoms with E-state index < -0.39 is 12.1 Å². The van der Waals surface area contributed by atoms with Crippen molar-refractivity contribution in [1.29, 1.82) is 0 Å². The summed E-state index contributed by atoms with van der Waals surface area (Å²) < 4.78 is 0. The standard InChI is InChI=1S/C11H12N2O2/c1-7(8-5-3-2-4-6-8)9-10(14)13-11(15)12-9/h2-7,9H,1H3,(H2,12,13,14,15)/t7-,9-/m1/s1. The van der Waals surface area contributed by atoms with Crippen molar-refractivity contribution in [2.75, 3.05) is 0 Å². The molecule has 15 heavy (non-hydrogen) atoms. The number of carbonyl (C=O) groups is 2. The minimum atomic E-state index is -0.458. The van der Waals surface area contributed by atoms with Gasteiger partial charge in [-0.15, -0.1) is 0 Å². The molecule has 1 aromatic rings. The number of hydrogen-bond donors (Lipinski definition) is 2. The molecule has 4 heteroatoms. The molecule has 3 amide bonds. The average molecular weight is 204 g/mol. The van der Waals surface area contributed by atoms with Crippen molar-refractivity contribution in [1.82, 2.24) is 10.6 Å². The van der Waals surface area contributed by atoms with Gasteiger partial charge in [-0.1, -0.05) is 37.3 Å². The number of imide groups is 1. The predicted molar refractivity (Wildman–Crippen MR) is 55.3 cm³/mol. The van der Waals surface area contributed by atoms with E-state index >= 15 is 0 Å². The quantitative estimate of drug-likeness (QED) is 0.706. The summed E-state index contributed by atoms with van der Waals surface area (Å²) in [5.74, 6) is -0.269. The number of nitrogens with one attached hydrogen (secondary N) is 2. The van der Waals surface area contributed by atoms with Crippen molar-refractivity contribution in [3.05, 3.63) is 35.9 Å². The Bertz CT molecular complexity index is 389. The maximum absolute atomic E-state index is 11.4. The van der Waals surface area contributed by atoms with Gasteiger partial charge in [-0.2, -0.15) is 0 Å². The lowest BCUT2D eigenvalue weighted by Crippen LogP contribution is -2.34. The Morgan fingerprint density at radius 3 is 2.40 bits per heavy atom. The number of benzene rings is 1. The maximum atomic E-state index is 11.4. The molecule has 0 bridgehead atoms. The summed E-state index contributed by atoms with van der Waals surface area (Å²) in [6, 6.07) is 8.78. The Labute approximate surface area is 87.7 Å². The van der Waals surface area contributed by atoms with Crippen molar-refractivity contribution in [2.45, 2.75) is 18.9 Å². The van der Waals surface area contributed by atoms with Crippen LogP contribution in [-0.4, -0.2) is 18.0 Å². The van der Waals surface area contributed by atoms with Crippen LogP contribution in [0, 0.1) is 0 Å². The molecule has 2 N–H and O–H groups in total. The van der Waals surface area contributed by atoms with Gasteiger partial charge in [0.05, 0.1) is 0 Å². The van der Waals surface area contributed by atoms with Gasteiger partial charge in [-0.3, -0.25) is 10.1 Å². The van der Waals surface area contributed by atoms with Crippen molar-refractivity contribution in [2.24, 2.45) is 0 Å². The Hall–Kier alpha value is -1.84. The van der Waals surface area contributed by atoms with E-state index in [9.17, 15) is 9.59 Å².